The molecule has 0 aromatic carbocycles. The fourth-order valence-electron chi connectivity index (χ4n) is 0.640. The lowest BCUT2D eigenvalue weighted by atomic mass is 10.2. The normalized spacial score (nSPS) is 8.82. The van der Waals surface area contributed by atoms with Gasteiger partial charge in [-0.3, -0.25) is 4.79 Å². The van der Waals surface area contributed by atoms with Crippen molar-refractivity contribution in [2.45, 2.75) is 19.3 Å². The Kier molecular flexibility index (Phi) is 6.48. The zero-order chi connectivity index (χ0) is 8.53. The van der Waals surface area contributed by atoms with Crippen molar-refractivity contribution in [1.82, 2.24) is 0 Å². The third-order valence-corrected chi connectivity index (χ3v) is 1.24. The first-order valence-electron chi connectivity index (χ1n) is 3.60. The minimum atomic E-state index is -0.163. The van der Waals surface area contributed by atoms with Gasteiger partial charge in [0.2, 0.25) is 0 Å². The van der Waals surface area contributed by atoms with E-state index in [1.54, 1.807) is 0 Å². The summed E-state index contributed by atoms with van der Waals surface area (Å²) in [6.45, 7) is 4.02. The molecule has 0 unspecified atom stereocenters. The predicted octanol–water partition coefficient (Wildman–Crippen LogP) is 1.49. The van der Waals surface area contributed by atoms with Crippen LogP contribution in [0.1, 0.15) is 19.3 Å². The SMILES string of the molecule is C=COCCCCC(=O)OC. The maximum Gasteiger partial charge on any atom is 0.305 e. The summed E-state index contributed by atoms with van der Waals surface area (Å²) >= 11 is 0. The van der Waals surface area contributed by atoms with Crippen LogP contribution < -0.4 is 0 Å². The molecule has 0 N–H and O–H groups in total. The molecular formula is C8H14O3. The maximum absolute atomic E-state index is 10.6. The lowest BCUT2D eigenvalue weighted by Gasteiger charge is -1.99. The van der Waals surface area contributed by atoms with Crippen molar-refractivity contribution in [3.63, 3.8) is 0 Å². The Labute approximate surface area is 67.0 Å². The Morgan fingerprint density at radius 1 is 1.55 bits per heavy atom. The predicted molar refractivity (Wildman–Crippen MR) is 42.0 cm³/mol. The van der Waals surface area contributed by atoms with Gasteiger partial charge in [-0.05, 0) is 12.8 Å². The quantitative estimate of drug-likeness (QED) is 0.334. The third-order valence-electron chi connectivity index (χ3n) is 1.24. The second kappa shape index (κ2) is 7.12. The molecule has 0 heterocycles. The molecule has 3 heteroatoms. The van der Waals surface area contributed by atoms with Gasteiger partial charge in [-0.15, -0.1) is 0 Å². The van der Waals surface area contributed by atoms with E-state index in [2.05, 4.69) is 11.3 Å². The van der Waals surface area contributed by atoms with Crippen LogP contribution in [0.3, 0.4) is 0 Å². The van der Waals surface area contributed by atoms with Crippen LogP contribution in [0, 0.1) is 0 Å². The first kappa shape index (κ1) is 10.0. The molecule has 0 rings (SSSR count). The molecule has 0 aromatic heterocycles. The highest BCUT2D eigenvalue weighted by molar-refractivity contribution is 5.68. The minimum absolute atomic E-state index is 0.163. The number of methoxy groups -OCH3 is 1. The monoisotopic (exact) mass is 158 g/mol. The van der Waals surface area contributed by atoms with E-state index in [1.165, 1.54) is 13.4 Å². The number of hydrogen-bond acceptors (Lipinski definition) is 3. The average Bonchev–Trinajstić information content (AvgIpc) is 2.04. The first-order valence-corrected chi connectivity index (χ1v) is 3.60. The number of rotatable bonds is 6. The van der Waals surface area contributed by atoms with Crippen molar-refractivity contribution in [2.75, 3.05) is 13.7 Å². The van der Waals surface area contributed by atoms with Crippen LogP contribution in [0.5, 0.6) is 0 Å². The topological polar surface area (TPSA) is 35.5 Å². The van der Waals surface area contributed by atoms with E-state index in [9.17, 15) is 4.79 Å². The van der Waals surface area contributed by atoms with E-state index in [0.29, 0.717) is 13.0 Å². The molecular weight excluding hydrogens is 144 g/mol. The fourth-order valence-corrected chi connectivity index (χ4v) is 0.640. The molecule has 0 aliphatic heterocycles. The molecule has 11 heavy (non-hydrogen) atoms. The molecule has 0 bridgehead atoms. The van der Waals surface area contributed by atoms with Gasteiger partial charge < -0.3 is 9.47 Å². The summed E-state index contributed by atoms with van der Waals surface area (Å²) in [6.07, 6.45) is 3.54. The summed E-state index contributed by atoms with van der Waals surface area (Å²) < 4.78 is 9.32. The van der Waals surface area contributed by atoms with E-state index in [4.69, 9.17) is 4.74 Å². The van der Waals surface area contributed by atoms with Gasteiger partial charge in [0, 0.05) is 6.42 Å². The highest BCUT2D eigenvalue weighted by atomic mass is 16.5. The number of hydrogen-bond donors (Lipinski definition) is 0. The fraction of sp³-hybridized carbons (Fsp3) is 0.625. The Hall–Kier alpha value is -0.990. The summed E-state index contributed by atoms with van der Waals surface area (Å²) in [4.78, 5) is 10.6. The van der Waals surface area contributed by atoms with E-state index >= 15 is 0 Å². The van der Waals surface area contributed by atoms with Gasteiger partial charge in [0.25, 0.3) is 0 Å². The van der Waals surface area contributed by atoms with Crippen molar-refractivity contribution in [2.24, 2.45) is 0 Å². The van der Waals surface area contributed by atoms with Crippen molar-refractivity contribution < 1.29 is 14.3 Å². The molecule has 64 valence electrons. The first-order chi connectivity index (χ1) is 5.31. The van der Waals surface area contributed by atoms with E-state index in [-0.39, 0.29) is 5.97 Å². The molecule has 0 aliphatic rings. The zero-order valence-electron chi connectivity index (χ0n) is 6.84. The van der Waals surface area contributed by atoms with E-state index < -0.39 is 0 Å². The van der Waals surface area contributed by atoms with Crippen molar-refractivity contribution in [3.8, 4) is 0 Å². The van der Waals surface area contributed by atoms with Crippen molar-refractivity contribution in [1.29, 1.82) is 0 Å². The molecule has 0 spiro atoms. The second-order valence-electron chi connectivity index (χ2n) is 2.07. The Morgan fingerprint density at radius 2 is 2.27 bits per heavy atom. The highest BCUT2D eigenvalue weighted by Crippen LogP contribution is 1.97. The Morgan fingerprint density at radius 3 is 2.82 bits per heavy atom. The van der Waals surface area contributed by atoms with Crippen LogP contribution in [-0.2, 0) is 14.3 Å². The molecule has 0 atom stereocenters. The van der Waals surface area contributed by atoms with Crippen LogP contribution in [0.25, 0.3) is 0 Å². The molecule has 0 aliphatic carbocycles. The summed E-state index contributed by atoms with van der Waals surface area (Å²) in [5, 5.41) is 0. The maximum atomic E-state index is 10.6. The molecule has 0 aromatic rings. The number of esters is 1. The standard InChI is InChI=1S/C8H14O3/c1-3-11-7-5-4-6-8(9)10-2/h3H,1,4-7H2,2H3. The summed E-state index contributed by atoms with van der Waals surface area (Å²) in [5.41, 5.74) is 0. The molecule has 0 saturated heterocycles. The van der Waals surface area contributed by atoms with Crippen molar-refractivity contribution in [3.05, 3.63) is 12.8 Å². The van der Waals surface area contributed by atoms with Crippen LogP contribution in [0.4, 0.5) is 0 Å². The van der Waals surface area contributed by atoms with Gasteiger partial charge in [-0.25, -0.2) is 0 Å². The molecule has 0 fully saturated rings. The number of unbranched alkanes of at least 4 members (excludes halogenated alkanes) is 1. The van der Waals surface area contributed by atoms with Crippen LogP contribution in [0.2, 0.25) is 0 Å². The second-order valence-corrected chi connectivity index (χ2v) is 2.07. The minimum Gasteiger partial charge on any atom is -0.502 e. The lowest BCUT2D eigenvalue weighted by Crippen LogP contribution is -2.00. The Balaban J connectivity index is 3.01. The van der Waals surface area contributed by atoms with Gasteiger partial charge in [-0.1, -0.05) is 6.58 Å². The largest absolute Gasteiger partial charge is 0.502 e. The number of ether oxygens (including phenoxy) is 2. The smallest absolute Gasteiger partial charge is 0.305 e. The van der Waals surface area contributed by atoms with Crippen LogP contribution in [0.15, 0.2) is 12.8 Å². The average molecular weight is 158 g/mol. The molecule has 0 saturated carbocycles. The van der Waals surface area contributed by atoms with Crippen LogP contribution >= 0.6 is 0 Å². The van der Waals surface area contributed by atoms with Gasteiger partial charge in [-0.2, -0.15) is 0 Å². The number of carbonyl (C=O) groups is 1. The zero-order valence-corrected chi connectivity index (χ0v) is 6.84. The molecule has 3 nitrogen and oxygen atoms in total. The highest BCUT2D eigenvalue weighted by Gasteiger charge is 1.97. The van der Waals surface area contributed by atoms with Gasteiger partial charge in [0.15, 0.2) is 0 Å². The molecule has 0 radical (unpaired) electrons. The van der Waals surface area contributed by atoms with Crippen LogP contribution in [-0.4, -0.2) is 19.7 Å². The van der Waals surface area contributed by atoms with Gasteiger partial charge in [0.1, 0.15) is 0 Å². The lowest BCUT2D eigenvalue weighted by molar-refractivity contribution is -0.140. The number of carbonyl (C=O) groups excluding carboxylic acids is 1. The summed E-state index contributed by atoms with van der Waals surface area (Å²) in [7, 11) is 1.39. The molecule has 0 amide bonds. The van der Waals surface area contributed by atoms with E-state index in [0.717, 1.165) is 12.8 Å². The van der Waals surface area contributed by atoms with Gasteiger partial charge >= 0.3 is 5.97 Å². The van der Waals surface area contributed by atoms with Gasteiger partial charge in [0.05, 0.1) is 20.0 Å². The Bertz CT molecular complexity index is 121. The summed E-state index contributed by atoms with van der Waals surface area (Å²) in [5.74, 6) is -0.163. The van der Waals surface area contributed by atoms with Crippen molar-refractivity contribution >= 4 is 5.97 Å². The summed E-state index contributed by atoms with van der Waals surface area (Å²) in [6, 6.07) is 0. The van der Waals surface area contributed by atoms with E-state index in [1.807, 2.05) is 0 Å². The third kappa shape index (κ3) is 6.90.